The maximum atomic E-state index is 3.84. The summed E-state index contributed by atoms with van der Waals surface area (Å²) in [5, 5.41) is 0. The van der Waals surface area contributed by atoms with Crippen LogP contribution in [0.15, 0.2) is 53.6 Å². The van der Waals surface area contributed by atoms with E-state index >= 15 is 0 Å². The molecule has 1 aliphatic rings. The van der Waals surface area contributed by atoms with Crippen molar-refractivity contribution >= 4 is 36.1 Å². The Hall–Kier alpha value is -0.986. The maximum Gasteiger partial charge on any atom is -0.147 e. The topological polar surface area (TPSA) is 12.0 Å². The van der Waals surface area contributed by atoms with E-state index in [1.54, 1.807) is 0 Å². The summed E-state index contributed by atoms with van der Waals surface area (Å²) < 4.78 is 4.42. The standard InChI is InChI=1S/C15H17.C9H12N.2ClH.Ti/c1-4-13-7-5-6-8-15(13)14-10-9-11(2)12(14)3;1-6-4-7(2)9(10)8(3)5-6;;;/h4-9H,10H2,1-3H3;4-5,10H,1-3H3;2*1H;/q;-1;;;+1. The average molecular weight is 452 g/mol. The molecule has 3 rings (SSSR count). The number of nitrogens with one attached hydrogen (secondary N) is 1. The van der Waals surface area contributed by atoms with E-state index in [1.165, 1.54) is 50.2 Å². The van der Waals surface area contributed by atoms with Crippen molar-refractivity contribution < 1.29 is 19.4 Å². The number of anilines is 1. The van der Waals surface area contributed by atoms with Crippen LogP contribution >= 0.6 is 24.8 Å². The van der Waals surface area contributed by atoms with E-state index in [4.69, 9.17) is 0 Å². The molecule has 0 saturated carbocycles. The van der Waals surface area contributed by atoms with Gasteiger partial charge in [-0.05, 0) is 0 Å². The molecule has 0 amide bonds. The van der Waals surface area contributed by atoms with Crippen LogP contribution in [0.5, 0.6) is 0 Å². The molecule has 0 spiro atoms. The van der Waals surface area contributed by atoms with Gasteiger partial charge in [0.05, 0.1) is 0 Å². The van der Waals surface area contributed by atoms with Gasteiger partial charge in [0.25, 0.3) is 0 Å². The largest absolute Gasteiger partial charge is 0.147 e. The van der Waals surface area contributed by atoms with E-state index < -0.39 is 0 Å². The zero-order chi connectivity index (χ0) is 18.8. The van der Waals surface area contributed by atoms with Crippen LogP contribution in [0.2, 0.25) is 0 Å². The second kappa shape index (κ2) is 10.7. The fraction of sp³-hybridized carbons (Fsp3) is 0.333. The van der Waals surface area contributed by atoms with Gasteiger partial charge in [-0.25, -0.2) is 0 Å². The van der Waals surface area contributed by atoms with E-state index in [2.05, 4.69) is 87.8 Å². The third-order valence-electron chi connectivity index (χ3n) is 5.50. The van der Waals surface area contributed by atoms with Crippen molar-refractivity contribution in [2.45, 2.75) is 52.2 Å². The van der Waals surface area contributed by atoms with Crippen molar-refractivity contribution in [1.82, 2.24) is 0 Å². The van der Waals surface area contributed by atoms with Crippen LogP contribution in [-0.4, -0.2) is 0 Å². The molecule has 0 aromatic heterocycles. The molecule has 1 unspecified atom stereocenters. The molecule has 0 fully saturated rings. The van der Waals surface area contributed by atoms with Gasteiger partial charge in [-0.2, -0.15) is 0 Å². The van der Waals surface area contributed by atoms with E-state index in [1.807, 2.05) is 0 Å². The zero-order valence-corrected chi connectivity index (χ0v) is 20.8. The summed E-state index contributed by atoms with van der Waals surface area (Å²) in [7, 11) is 0. The van der Waals surface area contributed by atoms with Crippen LogP contribution in [0, 0.1) is 20.8 Å². The number of hydrogen-bond donors (Lipinski definition) is 1. The molecule has 28 heavy (non-hydrogen) atoms. The van der Waals surface area contributed by atoms with Gasteiger partial charge >= 0.3 is 168 Å². The normalized spacial score (nSPS) is 14.0. The Bertz CT molecular complexity index is 876. The Morgan fingerprint density at radius 3 is 2.11 bits per heavy atom. The van der Waals surface area contributed by atoms with Gasteiger partial charge in [0.1, 0.15) is 0 Å². The number of benzene rings is 2. The predicted octanol–water partition coefficient (Wildman–Crippen LogP) is 7.75. The molecule has 2 aromatic rings. The summed E-state index contributed by atoms with van der Waals surface area (Å²) in [4.78, 5) is 0. The first-order chi connectivity index (χ1) is 12.4. The number of aryl methyl sites for hydroxylation is 3. The maximum absolute atomic E-state index is 3.84. The summed E-state index contributed by atoms with van der Waals surface area (Å²) in [6.45, 7) is 13.5. The quantitative estimate of drug-likeness (QED) is 0.458. The zero-order valence-electron chi connectivity index (χ0n) is 17.6. The molecule has 1 nitrogen and oxygen atoms in total. The number of rotatable bonds is 5. The summed E-state index contributed by atoms with van der Waals surface area (Å²) >= 11 is -0.341. The number of hydrogen-bond acceptors (Lipinski definition) is 1. The van der Waals surface area contributed by atoms with Crippen molar-refractivity contribution in [2.24, 2.45) is 0 Å². The molecule has 0 saturated heterocycles. The van der Waals surface area contributed by atoms with E-state index in [9.17, 15) is 0 Å². The van der Waals surface area contributed by atoms with Crippen LogP contribution in [0.4, 0.5) is 5.69 Å². The summed E-state index contributed by atoms with van der Waals surface area (Å²) in [6.07, 6.45) is 3.44. The van der Waals surface area contributed by atoms with E-state index in [0.29, 0.717) is 4.22 Å². The molecule has 150 valence electrons. The molecule has 1 aliphatic carbocycles. The fourth-order valence-electron chi connectivity index (χ4n) is 3.90. The summed E-state index contributed by atoms with van der Waals surface area (Å²) in [5.74, 6) is 0. The van der Waals surface area contributed by atoms with Gasteiger partial charge in [-0.3, -0.25) is 0 Å². The first-order valence-corrected chi connectivity index (χ1v) is 11.1. The minimum absolute atomic E-state index is 0. The Labute approximate surface area is 192 Å². The summed E-state index contributed by atoms with van der Waals surface area (Å²) in [6, 6.07) is 13.6. The molecular weight excluding hydrogens is 421 g/mol. The molecule has 1 atom stereocenters. The Morgan fingerprint density at radius 1 is 0.929 bits per heavy atom. The molecule has 0 aliphatic heterocycles. The van der Waals surface area contributed by atoms with Crippen molar-refractivity contribution in [3.63, 3.8) is 0 Å². The first-order valence-electron chi connectivity index (χ1n) is 9.44. The van der Waals surface area contributed by atoms with Crippen molar-refractivity contribution in [3.8, 4) is 0 Å². The van der Waals surface area contributed by atoms with Gasteiger partial charge in [0.15, 0.2) is 0 Å². The van der Waals surface area contributed by atoms with Gasteiger partial charge in [0, 0.05) is 0 Å². The Balaban J connectivity index is 0.00000196. The molecule has 2 aromatic carbocycles. The van der Waals surface area contributed by atoms with Gasteiger partial charge < -0.3 is 0 Å². The van der Waals surface area contributed by atoms with Crippen molar-refractivity contribution in [3.05, 3.63) is 81.4 Å². The molecule has 0 bridgehead atoms. The van der Waals surface area contributed by atoms with Crippen LogP contribution in [0.3, 0.4) is 0 Å². The predicted molar refractivity (Wildman–Crippen MR) is 125 cm³/mol. The number of halogens is 2. The molecule has 0 heterocycles. The molecule has 1 N–H and O–H groups in total. The summed E-state index contributed by atoms with van der Waals surface area (Å²) in [5.41, 5.74) is 12.8. The average Bonchev–Trinajstić information content (AvgIpc) is 2.93. The second-order valence-corrected chi connectivity index (χ2v) is 9.74. The third kappa shape index (κ3) is 5.33. The van der Waals surface area contributed by atoms with E-state index in [-0.39, 0.29) is 44.2 Å². The molecular formula is C24H31Cl2NTi. The van der Waals surface area contributed by atoms with Gasteiger partial charge in [0.2, 0.25) is 0 Å². The van der Waals surface area contributed by atoms with Crippen molar-refractivity contribution in [2.75, 3.05) is 3.80 Å². The van der Waals surface area contributed by atoms with Crippen LogP contribution in [0.25, 0.3) is 5.57 Å². The first kappa shape index (κ1) is 25.1. The third-order valence-corrected chi connectivity index (χ3v) is 7.28. The smallest absolute Gasteiger partial charge is 0.147 e. The fourth-order valence-corrected chi connectivity index (χ4v) is 5.71. The minimum atomic E-state index is -0.341. The van der Waals surface area contributed by atoms with Gasteiger partial charge in [-0.1, -0.05) is 0 Å². The minimum Gasteiger partial charge on any atom is -0.147 e. The SMILES string of the molecule is CC1=CCC(c2ccccc2[CH](C)[Ti][NH]c2c(C)cc(C)cc2C)=C1C.Cl.Cl. The Morgan fingerprint density at radius 2 is 1.54 bits per heavy atom. The van der Waals surface area contributed by atoms with Gasteiger partial charge in [-0.15, -0.1) is 24.8 Å². The monoisotopic (exact) mass is 451 g/mol. The second-order valence-electron chi connectivity index (χ2n) is 7.55. The van der Waals surface area contributed by atoms with Crippen LogP contribution in [0.1, 0.15) is 59.2 Å². The molecule has 4 heteroatoms. The Kier molecular flexibility index (Phi) is 9.57. The number of allylic oxidation sites excluding steroid dienone is 4. The van der Waals surface area contributed by atoms with Crippen molar-refractivity contribution in [1.29, 1.82) is 0 Å². The molecule has 0 radical (unpaired) electrons. The van der Waals surface area contributed by atoms with Crippen LogP contribution < -0.4 is 3.80 Å². The van der Waals surface area contributed by atoms with E-state index in [0.717, 1.165) is 6.42 Å². The van der Waals surface area contributed by atoms with Crippen LogP contribution in [-0.2, 0) is 19.4 Å².